The van der Waals surface area contributed by atoms with Crippen molar-refractivity contribution in [3.8, 4) is 11.5 Å². The Labute approximate surface area is 184 Å². The van der Waals surface area contributed by atoms with Crippen LogP contribution in [0.2, 0.25) is 10.0 Å². The second-order valence-electron chi connectivity index (χ2n) is 7.29. The molecule has 156 valence electrons. The van der Waals surface area contributed by atoms with E-state index < -0.39 is 0 Å². The molecule has 0 heterocycles. The van der Waals surface area contributed by atoms with E-state index in [0.717, 1.165) is 30.6 Å². The van der Waals surface area contributed by atoms with Crippen molar-refractivity contribution in [2.75, 3.05) is 13.2 Å². The fourth-order valence-corrected chi connectivity index (χ4v) is 4.02. The molecule has 0 fully saturated rings. The summed E-state index contributed by atoms with van der Waals surface area (Å²) in [5.41, 5.74) is 3.66. The fourth-order valence-electron chi connectivity index (χ4n) is 3.52. The van der Waals surface area contributed by atoms with E-state index >= 15 is 0 Å². The lowest BCUT2D eigenvalue weighted by molar-refractivity contribution is 0.269. The quantitative estimate of drug-likeness (QED) is 0.324. The zero-order valence-corrected chi connectivity index (χ0v) is 18.5. The van der Waals surface area contributed by atoms with Crippen molar-refractivity contribution in [2.24, 2.45) is 0 Å². The molecule has 1 N–H and O–H groups in total. The normalized spacial score (nSPS) is 13.8. The van der Waals surface area contributed by atoms with Gasteiger partial charge >= 0.3 is 0 Å². The number of hydrogen-bond donors (Lipinski definition) is 1. The minimum absolute atomic E-state index is 0.382. The molecular weight excluding hydrogens is 405 g/mol. The van der Waals surface area contributed by atoms with E-state index in [4.69, 9.17) is 32.7 Å². The van der Waals surface area contributed by atoms with Gasteiger partial charge in [0.25, 0.3) is 0 Å². The van der Waals surface area contributed by atoms with Gasteiger partial charge in [-0.2, -0.15) is 0 Å². The Morgan fingerprint density at radius 1 is 1.03 bits per heavy atom. The molecule has 0 atom stereocenters. The van der Waals surface area contributed by atoms with E-state index in [-0.39, 0.29) is 0 Å². The Kier molecular flexibility index (Phi) is 8.72. The molecule has 1 aliphatic rings. The molecule has 0 amide bonds. The van der Waals surface area contributed by atoms with Gasteiger partial charge in [-0.1, -0.05) is 47.0 Å². The summed E-state index contributed by atoms with van der Waals surface area (Å²) in [6.45, 7) is 4.61. The van der Waals surface area contributed by atoms with Gasteiger partial charge in [-0.05, 0) is 81.0 Å². The average Bonchev–Trinajstić information content (AvgIpc) is 2.72. The number of rotatable bonds is 10. The third-order valence-corrected chi connectivity index (χ3v) is 5.49. The monoisotopic (exact) mass is 433 g/mol. The lowest BCUT2D eigenvalue weighted by Crippen LogP contribution is -2.16. The van der Waals surface area contributed by atoms with Crippen LogP contribution in [0, 0.1) is 0 Å². The minimum atomic E-state index is 0.382. The van der Waals surface area contributed by atoms with E-state index in [1.54, 1.807) is 5.57 Å². The standard InChI is InChI=1S/C24H29Cl2NO2/c1-2-28-23-15-20(16-27-12-11-18-7-4-3-5-8-18)14-22(26)24(23)29-17-19-9-6-10-21(25)13-19/h6-7,9-10,13-15,27H,2-5,8,11-12,16-17H2,1H3. The SMILES string of the molecule is CCOc1cc(CNCCC2=CCCCC2)cc(Cl)c1OCc1cccc(Cl)c1. The number of nitrogens with one attached hydrogen (secondary N) is 1. The summed E-state index contributed by atoms with van der Waals surface area (Å²) in [5.74, 6) is 1.25. The molecule has 5 heteroatoms. The number of ether oxygens (including phenoxy) is 2. The second kappa shape index (κ2) is 11.5. The molecule has 3 nitrogen and oxygen atoms in total. The number of halogens is 2. The van der Waals surface area contributed by atoms with Crippen LogP contribution in [0.25, 0.3) is 0 Å². The largest absolute Gasteiger partial charge is 0.490 e. The predicted octanol–water partition coefficient (Wildman–Crippen LogP) is 6.95. The molecule has 3 rings (SSSR count). The van der Waals surface area contributed by atoms with Crippen LogP contribution in [0.5, 0.6) is 11.5 Å². The lowest BCUT2D eigenvalue weighted by Gasteiger charge is -2.16. The second-order valence-corrected chi connectivity index (χ2v) is 8.14. The molecule has 2 aromatic rings. The van der Waals surface area contributed by atoms with Crippen LogP contribution in [-0.2, 0) is 13.2 Å². The molecule has 0 saturated carbocycles. The maximum absolute atomic E-state index is 6.53. The van der Waals surface area contributed by atoms with E-state index in [9.17, 15) is 0 Å². The maximum Gasteiger partial charge on any atom is 0.180 e. The van der Waals surface area contributed by atoms with Crippen LogP contribution in [-0.4, -0.2) is 13.2 Å². The Hall–Kier alpha value is -1.68. The third-order valence-electron chi connectivity index (χ3n) is 4.98. The summed E-state index contributed by atoms with van der Waals surface area (Å²) < 4.78 is 11.8. The van der Waals surface area contributed by atoms with Crippen LogP contribution in [0.1, 0.15) is 50.2 Å². The van der Waals surface area contributed by atoms with Crippen LogP contribution in [0.15, 0.2) is 48.0 Å². The molecular formula is C24H29Cl2NO2. The molecule has 0 aromatic heterocycles. The first-order chi connectivity index (χ1) is 14.2. The van der Waals surface area contributed by atoms with Crippen LogP contribution in [0.3, 0.4) is 0 Å². The molecule has 0 aliphatic heterocycles. The van der Waals surface area contributed by atoms with E-state index in [1.807, 2.05) is 43.3 Å². The highest BCUT2D eigenvalue weighted by molar-refractivity contribution is 6.32. The highest BCUT2D eigenvalue weighted by Crippen LogP contribution is 2.37. The van der Waals surface area contributed by atoms with E-state index in [0.29, 0.717) is 34.8 Å². The van der Waals surface area contributed by atoms with Gasteiger partial charge in [-0.3, -0.25) is 0 Å². The topological polar surface area (TPSA) is 30.5 Å². The van der Waals surface area contributed by atoms with Crippen molar-refractivity contribution in [1.82, 2.24) is 5.32 Å². The van der Waals surface area contributed by atoms with Crippen molar-refractivity contribution < 1.29 is 9.47 Å². The first-order valence-electron chi connectivity index (χ1n) is 10.4. The summed E-state index contributed by atoms with van der Waals surface area (Å²) in [5, 5.41) is 4.77. The highest BCUT2D eigenvalue weighted by Gasteiger charge is 2.13. The van der Waals surface area contributed by atoms with Gasteiger partial charge in [0.05, 0.1) is 11.6 Å². The average molecular weight is 434 g/mol. The molecule has 1 aliphatic carbocycles. The number of allylic oxidation sites excluding steroid dienone is 1. The molecule has 0 radical (unpaired) electrons. The Balaban J connectivity index is 1.60. The minimum Gasteiger partial charge on any atom is -0.490 e. The number of benzene rings is 2. The Bertz CT molecular complexity index is 836. The molecule has 2 aromatic carbocycles. The summed E-state index contributed by atoms with van der Waals surface area (Å²) in [6, 6.07) is 11.6. The van der Waals surface area contributed by atoms with Crippen LogP contribution in [0.4, 0.5) is 0 Å². The Morgan fingerprint density at radius 3 is 2.69 bits per heavy atom. The van der Waals surface area contributed by atoms with Gasteiger partial charge in [0.15, 0.2) is 11.5 Å². The van der Waals surface area contributed by atoms with Crippen molar-refractivity contribution in [3.05, 3.63) is 69.2 Å². The van der Waals surface area contributed by atoms with Gasteiger partial charge in [-0.25, -0.2) is 0 Å². The summed E-state index contributed by atoms with van der Waals surface area (Å²) in [6.07, 6.45) is 8.67. The number of hydrogen-bond acceptors (Lipinski definition) is 3. The molecule has 0 unspecified atom stereocenters. The van der Waals surface area contributed by atoms with Crippen molar-refractivity contribution in [2.45, 2.75) is 52.2 Å². The van der Waals surface area contributed by atoms with Crippen molar-refractivity contribution in [3.63, 3.8) is 0 Å². The first kappa shape index (κ1) is 22.0. The lowest BCUT2D eigenvalue weighted by atomic mass is 9.97. The first-order valence-corrected chi connectivity index (χ1v) is 11.1. The summed E-state index contributed by atoms with van der Waals surface area (Å²) in [7, 11) is 0. The van der Waals surface area contributed by atoms with Gasteiger partial charge in [-0.15, -0.1) is 0 Å². The Morgan fingerprint density at radius 2 is 1.93 bits per heavy atom. The van der Waals surface area contributed by atoms with Crippen LogP contribution < -0.4 is 14.8 Å². The smallest absolute Gasteiger partial charge is 0.180 e. The zero-order valence-electron chi connectivity index (χ0n) is 17.0. The molecule has 29 heavy (non-hydrogen) atoms. The van der Waals surface area contributed by atoms with Crippen molar-refractivity contribution in [1.29, 1.82) is 0 Å². The predicted molar refractivity (Wildman–Crippen MR) is 121 cm³/mol. The molecule has 0 spiro atoms. The van der Waals surface area contributed by atoms with Gasteiger partial charge < -0.3 is 14.8 Å². The summed E-state index contributed by atoms with van der Waals surface area (Å²) >= 11 is 12.6. The van der Waals surface area contributed by atoms with E-state index in [2.05, 4.69) is 11.4 Å². The van der Waals surface area contributed by atoms with Gasteiger partial charge in [0.1, 0.15) is 6.61 Å². The summed E-state index contributed by atoms with van der Waals surface area (Å²) in [4.78, 5) is 0. The molecule has 0 saturated heterocycles. The highest BCUT2D eigenvalue weighted by atomic mass is 35.5. The van der Waals surface area contributed by atoms with Gasteiger partial charge in [0, 0.05) is 11.6 Å². The fraction of sp³-hybridized carbons (Fsp3) is 0.417. The van der Waals surface area contributed by atoms with Crippen LogP contribution >= 0.6 is 23.2 Å². The zero-order chi connectivity index (χ0) is 20.5. The third kappa shape index (κ3) is 6.95. The molecule has 0 bridgehead atoms. The maximum atomic E-state index is 6.53. The van der Waals surface area contributed by atoms with Gasteiger partial charge in [0.2, 0.25) is 0 Å². The van der Waals surface area contributed by atoms with Crippen molar-refractivity contribution >= 4 is 23.2 Å². The van der Waals surface area contributed by atoms with E-state index in [1.165, 1.54) is 25.7 Å².